The van der Waals surface area contributed by atoms with Crippen LogP contribution in [0.25, 0.3) is 0 Å². The Hall–Kier alpha value is -1.05. The molecule has 1 saturated carbocycles. The minimum Gasteiger partial charge on any atom is -0.478 e. The monoisotopic (exact) mass is 178 g/mol. The summed E-state index contributed by atoms with van der Waals surface area (Å²) in [7, 11) is 0. The maximum atomic E-state index is 10.5. The van der Waals surface area contributed by atoms with Crippen LogP contribution in [0, 0.1) is 11.8 Å². The summed E-state index contributed by atoms with van der Waals surface area (Å²) in [6, 6.07) is 0. The van der Waals surface area contributed by atoms with Crippen molar-refractivity contribution >= 4 is 5.97 Å². The molecule has 0 heterocycles. The number of hydrogen-bond acceptors (Lipinski definition) is 1. The third-order valence-electron chi connectivity index (χ3n) is 3.39. The Morgan fingerprint density at radius 3 is 2.69 bits per heavy atom. The van der Waals surface area contributed by atoms with Crippen molar-refractivity contribution in [2.75, 3.05) is 0 Å². The molecule has 2 aliphatic rings. The molecule has 2 heteroatoms. The topological polar surface area (TPSA) is 37.3 Å². The van der Waals surface area contributed by atoms with Gasteiger partial charge in [0, 0.05) is 12.0 Å². The van der Waals surface area contributed by atoms with Gasteiger partial charge in [-0.05, 0) is 32.6 Å². The molecule has 2 rings (SSSR count). The molecule has 0 radical (unpaired) electrons. The number of carboxylic acid groups (broad SMARTS) is 1. The predicted molar refractivity (Wildman–Crippen MR) is 50.3 cm³/mol. The van der Waals surface area contributed by atoms with Crippen molar-refractivity contribution in [1.29, 1.82) is 0 Å². The molecular formula is C11H14O2. The minimum absolute atomic E-state index is 0.469. The summed E-state index contributed by atoms with van der Waals surface area (Å²) in [5.41, 5.74) is 3.99. The molecule has 0 saturated heterocycles. The molecule has 2 aliphatic carbocycles. The summed E-state index contributed by atoms with van der Waals surface area (Å²) in [4.78, 5) is 10.5. The van der Waals surface area contributed by atoms with E-state index in [0.29, 0.717) is 11.8 Å². The van der Waals surface area contributed by atoms with Crippen LogP contribution in [-0.4, -0.2) is 11.1 Å². The van der Waals surface area contributed by atoms with Crippen LogP contribution in [0.3, 0.4) is 0 Å². The molecule has 13 heavy (non-hydrogen) atoms. The van der Waals surface area contributed by atoms with Gasteiger partial charge in [0.25, 0.3) is 0 Å². The summed E-state index contributed by atoms with van der Waals surface area (Å²) < 4.78 is 0. The van der Waals surface area contributed by atoms with Crippen molar-refractivity contribution in [3.05, 3.63) is 22.8 Å². The second kappa shape index (κ2) is 2.72. The Morgan fingerprint density at radius 2 is 2.15 bits per heavy atom. The number of aliphatic carboxylic acids is 1. The zero-order valence-electron chi connectivity index (χ0n) is 8.00. The van der Waals surface area contributed by atoms with E-state index in [0.717, 1.165) is 12.0 Å². The largest absolute Gasteiger partial charge is 0.478 e. The lowest BCUT2D eigenvalue weighted by molar-refractivity contribution is -0.131. The first-order valence-electron chi connectivity index (χ1n) is 4.69. The van der Waals surface area contributed by atoms with Gasteiger partial charge in [0.15, 0.2) is 0 Å². The van der Waals surface area contributed by atoms with E-state index in [9.17, 15) is 4.79 Å². The lowest BCUT2D eigenvalue weighted by Crippen LogP contribution is -2.26. The number of carboxylic acids is 1. The fraction of sp³-hybridized carbons (Fsp3) is 0.545. The summed E-state index contributed by atoms with van der Waals surface area (Å²) in [5, 5.41) is 8.63. The van der Waals surface area contributed by atoms with Gasteiger partial charge in [-0.3, -0.25) is 0 Å². The molecule has 1 N–H and O–H groups in total. The average Bonchev–Trinajstić information content (AvgIpc) is 2.20. The molecule has 2 nitrogen and oxygen atoms in total. The first-order valence-corrected chi connectivity index (χ1v) is 4.69. The molecule has 0 aliphatic heterocycles. The molecule has 0 aromatic heterocycles. The predicted octanol–water partition coefficient (Wildman–Crippen LogP) is 2.37. The Morgan fingerprint density at radius 1 is 1.46 bits per heavy atom. The fourth-order valence-corrected chi connectivity index (χ4v) is 2.64. The number of allylic oxidation sites excluding steroid dienone is 3. The quantitative estimate of drug-likeness (QED) is 0.494. The van der Waals surface area contributed by atoms with E-state index in [1.807, 2.05) is 0 Å². The molecule has 1 fully saturated rings. The normalized spacial score (nSPS) is 34.8. The number of hydrogen-bond donors (Lipinski definition) is 1. The third-order valence-corrected chi connectivity index (χ3v) is 3.39. The van der Waals surface area contributed by atoms with Crippen LogP contribution < -0.4 is 0 Å². The number of fused-ring (bicyclic) bond motifs is 1. The van der Waals surface area contributed by atoms with Crippen LogP contribution in [0.2, 0.25) is 0 Å². The van der Waals surface area contributed by atoms with Crippen molar-refractivity contribution < 1.29 is 9.90 Å². The van der Waals surface area contributed by atoms with Crippen LogP contribution in [0.15, 0.2) is 22.8 Å². The molecular weight excluding hydrogens is 164 g/mol. The smallest absolute Gasteiger partial charge is 0.328 e. The maximum Gasteiger partial charge on any atom is 0.328 e. The highest BCUT2D eigenvalue weighted by molar-refractivity contribution is 5.81. The van der Waals surface area contributed by atoms with Gasteiger partial charge in [-0.15, -0.1) is 0 Å². The Bertz CT molecular complexity index is 323. The van der Waals surface area contributed by atoms with Crippen LogP contribution in [0.4, 0.5) is 0 Å². The molecule has 2 atom stereocenters. The summed E-state index contributed by atoms with van der Waals surface area (Å²) in [6.45, 7) is 4.29. The van der Waals surface area contributed by atoms with Gasteiger partial charge >= 0.3 is 5.97 Å². The van der Waals surface area contributed by atoms with E-state index in [1.165, 1.54) is 23.6 Å². The Kier molecular flexibility index (Phi) is 1.79. The summed E-state index contributed by atoms with van der Waals surface area (Å²) in [5.74, 6) is 0.382. The SMILES string of the molecule is CC1=C(C)[C@@H]2C(=CC(=O)O)C[C@H]2C1. The standard InChI is InChI=1S/C11H14O2/c1-6-3-8-4-9(5-10(12)13)11(8)7(6)2/h5,8,11H,3-4H2,1-2H3,(H,12,13)/t8-,11+/m1/s1. The Balaban J connectivity index is 2.21. The summed E-state index contributed by atoms with van der Waals surface area (Å²) in [6.07, 6.45) is 3.56. The van der Waals surface area contributed by atoms with E-state index < -0.39 is 5.97 Å². The average molecular weight is 178 g/mol. The van der Waals surface area contributed by atoms with E-state index >= 15 is 0 Å². The highest BCUT2D eigenvalue weighted by atomic mass is 16.4. The van der Waals surface area contributed by atoms with E-state index in [2.05, 4.69) is 13.8 Å². The van der Waals surface area contributed by atoms with Gasteiger partial charge in [-0.25, -0.2) is 4.79 Å². The van der Waals surface area contributed by atoms with Gasteiger partial charge in [0.1, 0.15) is 0 Å². The molecule has 0 unspecified atom stereocenters. The molecule has 0 aromatic carbocycles. The lowest BCUT2D eigenvalue weighted by atomic mass is 9.69. The highest BCUT2D eigenvalue weighted by Crippen LogP contribution is 2.53. The van der Waals surface area contributed by atoms with Crippen molar-refractivity contribution in [2.45, 2.75) is 26.7 Å². The van der Waals surface area contributed by atoms with E-state index in [-0.39, 0.29) is 0 Å². The van der Waals surface area contributed by atoms with Crippen LogP contribution in [0.1, 0.15) is 26.7 Å². The zero-order chi connectivity index (χ0) is 9.59. The fourth-order valence-electron chi connectivity index (χ4n) is 2.64. The van der Waals surface area contributed by atoms with Gasteiger partial charge in [-0.2, -0.15) is 0 Å². The van der Waals surface area contributed by atoms with Crippen molar-refractivity contribution in [3.63, 3.8) is 0 Å². The zero-order valence-corrected chi connectivity index (χ0v) is 8.00. The molecule has 0 amide bonds. The second-order valence-electron chi connectivity index (χ2n) is 4.17. The van der Waals surface area contributed by atoms with Crippen LogP contribution >= 0.6 is 0 Å². The van der Waals surface area contributed by atoms with Crippen molar-refractivity contribution in [2.24, 2.45) is 11.8 Å². The summed E-state index contributed by atoms with van der Waals surface area (Å²) >= 11 is 0. The van der Waals surface area contributed by atoms with Gasteiger partial charge in [0.05, 0.1) is 0 Å². The molecule has 0 bridgehead atoms. The Labute approximate surface area is 78.0 Å². The second-order valence-corrected chi connectivity index (χ2v) is 4.17. The maximum absolute atomic E-state index is 10.5. The minimum atomic E-state index is -0.800. The third kappa shape index (κ3) is 1.21. The van der Waals surface area contributed by atoms with E-state index in [4.69, 9.17) is 5.11 Å². The van der Waals surface area contributed by atoms with E-state index in [1.54, 1.807) is 0 Å². The van der Waals surface area contributed by atoms with Gasteiger partial charge in [0.2, 0.25) is 0 Å². The molecule has 0 aromatic rings. The van der Waals surface area contributed by atoms with Crippen molar-refractivity contribution in [1.82, 2.24) is 0 Å². The van der Waals surface area contributed by atoms with Crippen molar-refractivity contribution in [3.8, 4) is 0 Å². The highest BCUT2D eigenvalue weighted by Gasteiger charge is 2.41. The first-order chi connectivity index (χ1) is 6.09. The van der Waals surface area contributed by atoms with Gasteiger partial charge < -0.3 is 5.11 Å². The number of rotatable bonds is 1. The lowest BCUT2D eigenvalue weighted by Gasteiger charge is -2.35. The van der Waals surface area contributed by atoms with Crippen LogP contribution in [-0.2, 0) is 4.79 Å². The first kappa shape index (κ1) is 8.54. The molecule has 70 valence electrons. The number of carbonyl (C=O) groups is 1. The van der Waals surface area contributed by atoms with Gasteiger partial charge in [-0.1, -0.05) is 16.7 Å². The van der Waals surface area contributed by atoms with Crippen LogP contribution in [0.5, 0.6) is 0 Å². The molecule has 0 spiro atoms.